The largest absolute Gasteiger partial charge is 0.647 e. The highest BCUT2D eigenvalue weighted by molar-refractivity contribution is 5.56. The van der Waals surface area contributed by atoms with Crippen molar-refractivity contribution in [1.29, 1.82) is 0 Å². The predicted octanol–water partition coefficient (Wildman–Crippen LogP) is 1.35. The third kappa shape index (κ3) is 2.38. The molecule has 0 fully saturated rings. The first-order valence-corrected chi connectivity index (χ1v) is 3.68. The average Bonchev–Trinajstić information content (AvgIpc) is 2.32. The van der Waals surface area contributed by atoms with Gasteiger partial charge in [-0.2, -0.15) is 4.79 Å². The molecule has 1 rings (SSSR count). The summed E-state index contributed by atoms with van der Waals surface area (Å²) in [4.78, 5) is 11.2. The van der Waals surface area contributed by atoms with Crippen LogP contribution in [0.15, 0.2) is 23.0 Å². The van der Waals surface area contributed by atoms with Crippen LogP contribution in [0.4, 0.5) is 4.79 Å². The van der Waals surface area contributed by atoms with E-state index >= 15 is 0 Å². The molecular formula is C8H12NO3+. The standard InChI is InChI=1S/C8H12NO3/c1-8(2,3)12-7(10)9-5-4-6-11-9/h4-6H,1-3H3/q+1. The Morgan fingerprint density at radius 1 is 1.50 bits per heavy atom. The third-order valence-corrected chi connectivity index (χ3v) is 1.05. The van der Waals surface area contributed by atoms with Crippen LogP contribution in [0.3, 0.4) is 0 Å². The second-order valence-electron chi connectivity index (χ2n) is 3.39. The van der Waals surface area contributed by atoms with Crippen molar-refractivity contribution in [3.05, 3.63) is 18.5 Å². The molecule has 0 radical (unpaired) electrons. The summed E-state index contributed by atoms with van der Waals surface area (Å²) < 4.78 is 10.8. The molecule has 0 saturated heterocycles. The topological polar surface area (TPSA) is 43.3 Å². The van der Waals surface area contributed by atoms with Gasteiger partial charge in [0.05, 0.1) is 4.74 Å². The van der Waals surface area contributed by atoms with Crippen LogP contribution in [0.2, 0.25) is 0 Å². The fourth-order valence-corrected chi connectivity index (χ4v) is 0.660. The Hall–Kier alpha value is -1.32. The fourth-order valence-electron chi connectivity index (χ4n) is 0.660. The molecule has 1 aromatic rings. The molecule has 0 aliphatic carbocycles. The number of hydrogen-bond donors (Lipinski definition) is 0. The molecule has 4 nitrogen and oxygen atoms in total. The van der Waals surface area contributed by atoms with Gasteiger partial charge in [0, 0.05) is 6.07 Å². The van der Waals surface area contributed by atoms with Gasteiger partial charge in [0.1, 0.15) is 5.60 Å². The van der Waals surface area contributed by atoms with Gasteiger partial charge < -0.3 is 4.74 Å². The zero-order valence-corrected chi connectivity index (χ0v) is 7.40. The van der Waals surface area contributed by atoms with Gasteiger partial charge in [-0.3, -0.25) is 0 Å². The van der Waals surface area contributed by atoms with Gasteiger partial charge in [-0.15, -0.1) is 0 Å². The molecule has 0 amide bonds. The number of rotatable bonds is 0. The average molecular weight is 170 g/mol. The lowest BCUT2D eigenvalue weighted by atomic mass is 10.2. The van der Waals surface area contributed by atoms with Gasteiger partial charge in [-0.25, -0.2) is 4.52 Å². The van der Waals surface area contributed by atoms with Crippen molar-refractivity contribution in [3.63, 3.8) is 0 Å². The molecule has 1 aromatic heterocycles. The van der Waals surface area contributed by atoms with Gasteiger partial charge in [-0.1, -0.05) is 0 Å². The second kappa shape index (κ2) is 2.97. The van der Waals surface area contributed by atoms with Crippen molar-refractivity contribution < 1.29 is 18.8 Å². The molecule has 0 aliphatic rings. The predicted molar refractivity (Wildman–Crippen MR) is 40.5 cm³/mol. The highest BCUT2D eigenvalue weighted by atomic mass is 16.6. The van der Waals surface area contributed by atoms with Crippen molar-refractivity contribution in [3.8, 4) is 0 Å². The third-order valence-electron chi connectivity index (χ3n) is 1.05. The van der Waals surface area contributed by atoms with Gasteiger partial charge in [0.15, 0.2) is 6.26 Å². The number of ether oxygens (including phenoxy) is 1. The zero-order chi connectivity index (χ0) is 9.19. The Labute approximate surface area is 70.7 Å². The molecule has 0 N–H and O–H groups in total. The fraction of sp³-hybridized carbons (Fsp3) is 0.500. The number of aromatic nitrogens is 1. The maximum absolute atomic E-state index is 11.2. The molecule has 66 valence electrons. The van der Waals surface area contributed by atoms with E-state index in [4.69, 9.17) is 9.26 Å². The maximum atomic E-state index is 11.2. The van der Waals surface area contributed by atoms with Crippen LogP contribution >= 0.6 is 0 Å². The summed E-state index contributed by atoms with van der Waals surface area (Å²) in [5.41, 5.74) is -0.489. The molecule has 0 aliphatic heterocycles. The monoisotopic (exact) mass is 170 g/mol. The van der Waals surface area contributed by atoms with E-state index in [9.17, 15) is 4.79 Å². The van der Waals surface area contributed by atoms with Crippen LogP contribution in [0.5, 0.6) is 0 Å². The van der Waals surface area contributed by atoms with Crippen molar-refractivity contribution in [2.45, 2.75) is 26.4 Å². The molecule has 0 unspecified atom stereocenters. The van der Waals surface area contributed by atoms with Crippen molar-refractivity contribution in [2.75, 3.05) is 0 Å². The van der Waals surface area contributed by atoms with Gasteiger partial charge >= 0.3 is 6.09 Å². The highest BCUT2D eigenvalue weighted by Gasteiger charge is 2.26. The van der Waals surface area contributed by atoms with E-state index in [0.717, 1.165) is 4.74 Å². The number of hydrogen-bond acceptors (Lipinski definition) is 3. The van der Waals surface area contributed by atoms with Crippen LogP contribution in [0, 0.1) is 0 Å². The van der Waals surface area contributed by atoms with Gasteiger partial charge in [0.2, 0.25) is 6.20 Å². The van der Waals surface area contributed by atoms with E-state index in [1.807, 2.05) is 0 Å². The van der Waals surface area contributed by atoms with Crippen LogP contribution < -0.4 is 4.74 Å². The first-order chi connectivity index (χ1) is 5.49. The Kier molecular flexibility index (Phi) is 2.17. The van der Waals surface area contributed by atoms with E-state index in [1.165, 1.54) is 12.5 Å². The van der Waals surface area contributed by atoms with Crippen molar-refractivity contribution >= 4 is 6.09 Å². The molecule has 0 aromatic carbocycles. The zero-order valence-electron chi connectivity index (χ0n) is 7.40. The molecule has 0 spiro atoms. The van der Waals surface area contributed by atoms with Crippen LogP contribution in [-0.2, 0) is 4.74 Å². The molecular weight excluding hydrogens is 158 g/mol. The number of nitrogens with zero attached hydrogens (tertiary/aromatic N) is 1. The van der Waals surface area contributed by atoms with E-state index < -0.39 is 11.7 Å². The summed E-state index contributed by atoms with van der Waals surface area (Å²) in [6.07, 6.45) is 2.39. The number of carbonyl (C=O) groups excluding carboxylic acids is 1. The van der Waals surface area contributed by atoms with Crippen molar-refractivity contribution in [1.82, 2.24) is 0 Å². The minimum atomic E-state index is -0.507. The minimum absolute atomic E-state index is 0.489. The SMILES string of the molecule is CC(C)(C)OC(=O)[n+]1ccco1. The summed E-state index contributed by atoms with van der Waals surface area (Å²) in [5, 5.41) is 0. The summed E-state index contributed by atoms with van der Waals surface area (Å²) in [6, 6.07) is 1.62. The van der Waals surface area contributed by atoms with E-state index in [2.05, 4.69) is 0 Å². The lowest BCUT2D eigenvalue weighted by Crippen LogP contribution is -2.44. The Morgan fingerprint density at radius 3 is 2.58 bits per heavy atom. The molecule has 12 heavy (non-hydrogen) atoms. The summed E-state index contributed by atoms with van der Waals surface area (Å²) in [7, 11) is 0. The highest BCUT2D eigenvalue weighted by Crippen LogP contribution is 2.05. The Morgan fingerprint density at radius 2 is 2.17 bits per heavy atom. The smallest absolute Gasteiger partial charge is 0.403 e. The first kappa shape index (κ1) is 8.77. The van der Waals surface area contributed by atoms with Gasteiger partial charge in [0.25, 0.3) is 0 Å². The van der Waals surface area contributed by atoms with Crippen LogP contribution in [-0.4, -0.2) is 11.7 Å². The second-order valence-corrected chi connectivity index (χ2v) is 3.39. The van der Waals surface area contributed by atoms with Crippen LogP contribution in [0.1, 0.15) is 20.8 Å². The molecule has 4 heteroatoms. The summed E-state index contributed by atoms with van der Waals surface area (Å²) in [5.74, 6) is 0. The van der Waals surface area contributed by atoms with E-state index in [0.29, 0.717) is 0 Å². The molecule has 1 heterocycles. The first-order valence-electron chi connectivity index (χ1n) is 3.68. The summed E-state index contributed by atoms with van der Waals surface area (Å²) >= 11 is 0. The lowest BCUT2D eigenvalue weighted by molar-refractivity contribution is -0.771. The lowest BCUT2D eigenvalue weighted by Gasteiger charge is -2.14. The van der Waals surface area contributed by atoms with E-state index in [1.54, 1.807) is 26.8 Å². The molecule has 0 atom stereocenters. The van der Waals surface area contributed by atoms with E-state index in [-0.39, 0.29) is 0 Å². The van der Waals surface area contributed by atoms with Crippen molar-refractivity contribution in [2.24, 2.45) is 0 Å². The molecule has 0 saturated carbocycles. The Balaban J connectivity index is 2.63. The minimum Gasteiger partial charge on any atom is -0.403 e. The normalized spacial score (nSPS) is 11.2. The van der Waals surface area contributed by atoms with Crippen LogP contribution in [0.25, 0.3) is 0 Å². The number of carbonyl (C=O) groups is 1. The Bertz CT molecular complexity index is 258. The quantitative estimate of drug-likeness (QED) is 0.552. The molecule has 0 bridgehead atoms. The van der Waals surface area contributed by atoms with Gasteiger partial charge in [-0.05, 0) is 20.8 Å². The maximum Gasteiger partial charge on any atom is 0.647 e. The summed E-state index contributed by atoms with van der Waals surface area (Å²) in [6.45, 7) is 5.40.